The summed E-state index contributed by atoms with van der Waals surface area (Å²) in [4.78, 5) is 88.4. The van der Waals surface area contributed by atoms with Gasteiger partial charge in [-0.2, -0.15) is 99.7 Å². The molecule has 36 heteroatoms. The van der Waals surface area contributed by atoms with Crippen LogP contribution in [0.25, 0.3) is 0 Å². The van der Waals surface area contributed by atoms with E-state index in [1.807, 2.05) is 0 Å². The van der Waals surface area contributed by atoms with Crippen LogP contribution in [0.15, 0.2) is 48.6 Å². The van der Waals surface area contributed by atoms with Gasteiger partial charge in [0.1, 0.15) is 22.3 Å². The van der Waals surface area contributed by atoms with Gasteiger partial charge in [-0.1, -0.05) is 26.3 Å². The molecule has 4 rings (SSSR count). The summed E-state index contributed by atoms with van der Waals surface area (Å²) in [5.41, 5.74) is -6.70. The van der Waals surface area contributed by atoms with Gasteiger partial charge in [-0.15, -0.1) is 0 Å². The predicted octanol–water partition coefficient (Wildman–Crippen LogP) is 5.12. The maximum atomic E-state index is 12.1. The second-order valence-corrected chi connectivity index (χ2v) is 18.3. The largest absolute Gasteiger partial charge is 0.450 e. The number of carbonyl (C=O) groups excluding carboxylic acids is 8. The second-order valence-electron chi connectivity index (χ2n) is 13.7. The van der Waals surface area contributed by atoms with Crippen molar-refractivity contribution in [2.24, 2.45) is 0 Å². The van der Waals surface area contributed by atoms with Crippen molar-refractivity contribution in [1.82, 2.24) is 0 Å². The van der Waals surface area contributed by atoms with Crippen molar-refractivity contribution in [2.45, 2.75) is 49.9 Å². The lowest BCUT2D eigenvalue weighted by Crippen LogP contribution is -2.31. The summed E-state index contributed by atoms with van der Waals surface area (Å²) in [6, 6.07) is 0. The van der Waals surface area contributed by atoms with Crippen LogP contribution in [0.5, 0.6) is 0 Å². The number of hydrogen-bond acceptors (Lipinski definition) is 24. The van der Waals surface area contributed by atoms with E-state index in [4.69, 9.17) is 37.9 Å². The van der Waals surface area contributed by atoms with E-state index in [0.29, 0.717) is 49.4 Å². The molecule has 0 spiro atoms. The van der Waals surface area contributed by atoms with Crippen molar-refractivity contribution in [1.29, 1.82) is 0 Å². The van der Waals surface area contributed by atoms with Gasteiger partial charge in [-0.05, 0) is 0 Å². The average molecular weight is 1200 g/mol. The molecule has 4 aliphatic rings. The minimum atomic E-state index is -4.88. The normalized spacial score (nSPS) is 19.6. The summed E-state index contributed by atoms with van der Waals surface area (Å²) in [5, 5.41) is 0. The molecule has 0 radical (unpaired) electrons. The SMILES string of the molecule is C=C(C(=O)OCC(=O)OC1CSCCO1)C(F)(F)F.C=C(C(=O)OCC(=O)OC1CSCCO1)C(F)(F)F.C=C(C(=O)OCC(=O)OC1CSCCO1)C(F)(F)F.C=C(C(=O)OCC(=O)OC1CSCCO1)C(F)(F)F. The van der Waals surface area contributed by atoms with Gasteiger partial charge >= 0.3 is 72.5 Å². The Morgan fingerprint density at radius 2 is 0.526 bits per heavy atom. The molecule has 0 bridgehead atoms. The van der Waals surface area contributed by atoms with Crippen molar-refractivity contribution < 1.29 is 148 Å². The summed E-state index contributed by atoms with van der Waals surface area (Å²) in [7, 11) is 0. The molecule has 0 aromatic heterocycles. The molecule has 0 aromatic carbocycles. The number of hydrogen-bond donors (Lipinski definition) is 0. The third-order valence-electron chi connectivity index (χ3n) is 7.83. The van der Waals surface area contributed by atoms with Gasteiger partial charge < -0.3 is 56.8 Å². The lowest BCUT2D eigenvalue weighted by atomic mass is 10.3. The van der Waals surface area contributed by atoms with Crippen LogP contribution in [0, 0.1) is 0 Å². The van der Waals surface area contributed by atoms with Gasteiger partial charge in [0, 0.05) is 23.0 Å². The Labute approximate surface area is 438 Å². The molecule has 0 N–H and O–H groups in total. The molecule has 76 heavy (non-hydrogen) atoms. The molecule has 0 amide bonds. The molecule has 4 unspecified atom stereocenters. The molecule has 4 atom stereocenters. The van der Waals surface area contributed by atoms with Crippen LogP contribution in [0.4, 0.5) is 52.7 Å². The number of ether oxygens (including phenoxy) is 12. The first-order valence-electron chi connectivity index (χ1n) is 20.5. The molecule has 0 aliphatic carbocycles. The third kappa shape index (κ3) is 30.2. The lowest BCUT2D eigenvalue weighted by molar-refractivity contribution is -0.182. The van der Waals surface area contributed by atoms with E-state index in [1.54, 1.807) is 0 Å². The van der Waals surface area contributed by atoms with Crippen molar-refractivity contribution in [2.75, 3.05) is 98.9 Å². The quantitative estimate of drug-likeness (QED) is 0.0842. The zero-order valence-corrected chi connectivity index (χ0v) is 42.1. The molecule has 4 aliphatic heterocycles. The molecule has 4 heterocycles. The number of halogens is 12. The first-order chi connectivity index (χ1) is 35.2. The van der Waals surface area contributed by atoms with Crippen molar-refractivity contribution in [3.8, 4) is 0 Å². The fourth-order valence-electron chi connectivity index (χ4n) is 4.17. The monoisotopic (exact) mass is 1200 g/mol. The Bertz CT molecular complexity index is 1730. The van der Waals surface area contributed by atoms with Gasteiger partial charge in [0.15, 0.2) is 26.4 Å². The minimum Gasteiger partial charge on any atom is -0.450 e. The minimum absolute atomic E-state index is 0.410. The van der Waals surface area contributed by atoms with E-state index < -0.39 is 146 Å². The molecule has 20 nitrogen and oxygen atoms in total. The number of thioether (sulfide) groups is 4. The Balaban J connectivity index is 0.000000507. The Kier molecular flexibility index (Phi) is 31.0. The zero-order valence-electron chi connectivity index (χ0n) is 38.8. The molecule has 0 saturated carbocycles. The number of carbonyl (C=O) groups is 8. The number of esters is 8. The van der Waals surface area contributed by atoms with Crippen LogP contribution in [-0.2, 0) is 95.2 Å². The van der Waals surface area contributed by atoms with Crippen LogP contribution in [0.1, 0.15) is 0 Å². The number of rotatable bonds is 16. The maximum Gasteiger partial charge on any atom is 0.422 e. The highest BCUT2D eigenvalue weighted by Crippen LogP contribution is 2.28. The lowest BCUT2D eigenvalue weighted by Gasteiger charge is -2.21. The summed E-state index contributed by atoms with van der Waals surface area (Å²) in [6.45, 7) is 8.13. The second kappa shape index (κ2) is 34.1. The summed E-state index contributed by atoms with van der Waals surface area (Å²) in [6.07, 6.45) is -22.6. The van der Waals surface area contributed by atoms with Gasteiger partial charge in [0.2, 0.25) is 25.2 Å². The summed E-state index contributed by atoms with van der Waals surface area (Å²) >= 11 is 6.02. The third-order valence-corrected chi connectivity index (χ3v) is 11.7. The number of alkyl halides is 12. The van der Waals surface area contributed by atoms with E-state index in [0.717, 1.165) is 23.0 Å². The summed E-state index contributed by atoms with van der Waals surface area (Å²) < 4.78 is 200. The fourth-order valence-corrected chi connectivity index (χ4v) is 7.12. The highest BCUT2D eigenvalue weighted by Gasteiger charge is 2.41. The van der Waals surface area contributed by atoms with Crippen LogP contribution >= 0.6 is 47.0 Å². The maximum absolute atomic E-state index is 12.1. The Morgan fingerprint density at radius 1 is 0.355 bits per heavy atom. The first kappa shape index (κ1) is 69.1. The summed E-state index contributed by atoms with van der Waals surface area (Å²) in [5.74, 6) is -5.93. The van der Waals surface area contributed by atoms with Crippen LogP contribution < -0.4 is 0 Å². The fraction of sp³-hybridized carbons (Fsp3) is 0.600. The zero-order chi connectivity index (χ0) is 57.9. The topological polar surface area (TPSA) is 247 Å². The Hall–Kier alpha value is -4.88. The van der Waals surface area contributed by atoms with E-state index in [-0.39, 0.29) is 0 Å². The predicted molar refractivity (Wildman–Crippen MR) is 237 cm³/mol. The standard InChI is InChI=1S/4C10H11F3O5S/c4*1-6(10(11,12)13)9(15)17-4-7(14)18-8-5-19-3-2-16-8/h4*8H,1-5H2. The van der Waals surface area contributed by atoms with Gasteiger partial charge in [-0.25, -0.2) is 38.4 Å². The first-order valence-corrected chi connectivity index (χ1v) is 25.1. The molecule has 4 saturated heterocycles. The average Bonchev–Trinajstić information content (AvgIpc) is 3.35. The van der Waals surface area contributed by atoms with Crippen molar-refractivity contribution in [3.05, 3.63) is 48.6 Å². The van der Waals surface area contributed by atoms with E-state index in [9.17, 15) is 91.0 Å². The molecule has 4 fully saturated rings. The van der Waals surface area contributed by atoms with Crippen molar-refractivity contribution in [3.63, 3.8) is 0 Å². The molecular formula is C40H44F12O20S4. The molecule has 432 valence electrons. The molecule has 0 aromatic rings. The van der Waals surface area contributed by atoms with Crippen LogP contribution in [0.2, 0.25) is 0 Å². The smallest absolute Gasteiger partial charge is 0.422 e. The van der Waals surface area contributed by atoms with E-state index in [2.05, 4.69) is 45.3 Å². The highest BCUT2D eigenvalue weighted by atomic mass is 32.2. The molecular weight excluding hydrogens is 1160 g/mol. The van der Waals surface area contributed by atoms with Gasteiger partial charge in [0.05, 0.1) is 49.4 Å². The van der Waals surface area contributed by atoms with Crippen LogP contribution in [-0.4, -0.2) is 196 Å². The Morgan fingerprint density at radius 3 is 0.658 bits per heavy atom. The van der Waals surface area contributed by atoms with E-state index in [1.165, 1.54) is 47.0 Å². The van der Waals surface area contributed by atoms with Crippen molar-refractivity contribution >= 4 is 94.8 Å². The highest BCUT2D eigenvalue weighted by molar-refractivity contribution is 8.00. The van der Waals surface area contributed by atoms with Gasteiger partial charge in [0.25, 0.3) is 0 Å². The van der Waals surface area contributed by atoms with E-state index >= 15 is 0 Å². The van der Waals surface area contributed by atoms with Gasteiger partial charge in [-0.3, -0.25) is 0 Å². The van der Waals surface area contributed by atoms with Crippen LogP contribution in [0.3, 0.4) is 0 Å².